The Morgan fingerprint density at radius 1 is 1.32 bits per heavy atom. The summed E-state index contributed by atoms with van der Waals surface area (Å²) in [5, 5.41) is 5.17. The van der Waals surface area contributed by atoms with E-state index in [4.69, 9.17) is 16.3 Å². The zero-order chi connectivity index (χ0) is 16.1. The lowest BCUT2D eigenvalue weighted by molar-refractivity contribution is -0.116. The van der Waals surface area contributed by atoms with Crippen LogP contribution in [0.2, 0.25) is 5.02 Å². The van der Waals surface area contributed by atoms with Crippen molar-refractivity contribution in [1.82, 2.24) is 0 Å². The van der Waals surface area contributed by atoms with Gasteiger partial charge in [-0.25, -0.2) is 0 Å². The van der Waals surface area contributed by atoms with Gasteiger partial charge in [-0.05, 0) is 30.0 Å². The fraction of sp³-hybridized carbons (Fsp3) is 0.250. The van der Waals surface area contributed by atoms with Crippen molar-refractivity contribution in [3.63, 3.8) is 0 Å². The van der Waals surface area contributed by atoms with Crippen LogP contribution in [0.1, 0.15) is 28.1 Å². The summed E-state index contributed by atoms with van der Waals surface area (Å²) in [5.74, 6) is 0.239. The Morgan fingerprint density at radius 2 is 2.09 bits per heavy atom. The summed E-state index contributed by atoms with van der Waals surface area (Å²) in [5.41, 5.74) is 1.39. The van der Waals surface area contributed by atoms with Crippen LogP contribution in [0.5, 0.6) is 5.75 Å². The number of nitrogens with one attached hydrogen (secondary N) is 1. The monoisotopic (exact) mass is 337 g/mol. The summed E-state index contributed by atoms with van der Waals surface area (Å²) in [7, 11) is 1.51. The maximum atomic E-state index is 12.0. The molecule has 0 bridgehead atoms. The van der Waals surface area contributed by atoms with Crippen molar-refractivity contribution in [1.29, 1.82) is 0 Å². The Balaban J connectivity index is 1.97. The van der Waals surface area contributed by atoms with Crippen molar-refractivity contribution in [2.24, 2.45) is 0 Å². The number of Topliss-reactive ketones (excluding diaryl/α,β-unsaturated/α-hetero) is 1. The first-order chi connectivity index (χ1) is 10.5. The quantitative estimate of drug-likeness (QED) is 0.799. The third-order valence-corrected chi connectivity index (χ3v) is 4.45. The maximum absolute atomic E-state index is 12.0. The van der Waals surface area contributed by atoms with Gasteiger partial charge in [0.1, 0.15) is 5.75 Å². The summed E-state index contributed by atoms with van der Waals surface area (Å²) in [4.78, 5) is 24.5. The molecular formula is C16H16ClNO3S. The van der Waals surface area contributed by atoms with Crippen LogP contribution in [0, 0.1) is 6.92 Å². The molecule has 2 aromatic rings. The fourth-order valence-corrected chi connectivity index (χ4v) is 2.78. The molecule has 0 radical (unpaired) electrons. The number of hydrogen-bond acceptors (Lipinski definition) is 4. The van der Waals surface area contributed by atoms with Crippen LogP contribution >= 0.6 is 22.9 Å². The number of halogens is 1. The van der Waals surface area contributed by atoms with E-state index in [1.165, 1.54) is 18.4 Å². The number of ether oxygens (including phenoxy) is 1. The number of ketones is 1. The van der Waals surface area contributed by atoms with Crippen LogP contribution in [0.3, 0.4) is 0 Å². The third kappa shape index (κ3) is 4.08. The molecule has 2 rings (SSSR count). The number of anilines is 1. The molecule has 116 valence electrons. The molecule has 0 spiro atoms. The van der Waals surface area contributed by atoms with Crippen LogP contribution in [0.15, 0.2) is 29.6 Å². The number of benzene rings is 1. The highest BCUT2D eigenvalue weighted by Gasteiger charge is 2.13. The number of rotatable bonds is 6. The topological polar surface area (TPSA) is 55.4 Å². The van der Waals surface area contributed by atoms with Crippen LogP contribution in [-0.4, -0.2) is 18.8 Å². The smallest absolute Gasteiger partial charge is 0.224 e. The second-order valence-corrected chi connectivity index (χ2v) is 6.11. The molecule has 1 heterocycles. The Bertz CT molecular complexity index is 683. The van der Waals surface area contributed by atoms with Gasteiger partial charge in [0.2, 0.25) is 5.91 Å². The Hall–Kier alpha value is -1.85. The van der Waals surface area contributed by atoms with Crippen LogP contribution in [0.25, 0.3) is 0 Å². The standard InChI is InChI=1S/C16H16ClNO3S/c1-10-8-12(14(21-2)9-11(10)17)18-16(20)6-5-13(19)15-4-3-7-22-15/h3-4,7-9H,5-6H2,1-2H3,(H,18,20). The van der Waals surface area contributed by atoms with E-state index in [0.717, 1.165) is 5.56 Å². The molecule has 0 aliphatic heterocycles. The molecule has 0 aliphatic carbocycles. The summed E-state index contributed by atoms with van der Waals surface area (Å²) in [6, 6.07) is 6.99. The van der Waals surface area contributed by atoms with Gasteiger partial charge < -0.3 is 10.1 Å². The molecule has 1 aromatic carbocycles. The SMILES string of the molecule is COc1cc(Cl)c(C)cc1NC(=O)CCC(=O)c1cccs1. The highest BCUT2D eigenvalue weighted by Crippen LogP contribution is 2.31. The lowest BCUT2D eigenvalue weighted by atomic mass is 10.1. The molecule has 0 saturated heterocycles. The van der Waals surface area contributed by atoms with Gasteiger partial charge in [-0.1, -0.05) is 17.7 Å². The van der Waals surface area contributed by atoms with Gasteiger partial charge in [0.05, 0.1) is 17.7 Å². The molecule has 0 fully saturated rings. The number of amides is 1. The van der Waals surface area contributed by atoms with Crippen molar-refractivity contribution in [3.8, 4) is 5.75 Å². The Labute approximate surface area is 138 Å². The molecule has 0 saturated carbocycles. The number of carbonyl (C=O) groups is 2. The van der Waals surface area contributed by atoms with Crippen molar-refractivity contribution in [2.45, 2.75) is 19.8 Å². The predicted molar refractivity (Wildman–Crippen MR) is 89.3 cm³/mol. The zero-order valence-corrected chi connectivity index (χ0v) is 13.9. The lowest BCUT2D eigenvalue weighted by Gasteiger charge is -2.12. The molecule has 1 aromatic heterocycles. The van der Waals surface area contributed by atoms with E-state index in [2.05, 4.69) is 5.32 Å². The van der Waals surface area contributed by atoms with Gasteiger partial charge in [0.25, 0.3) is 0 Å². The van der Waals surface area contributed by atoms with Crippen molar-refractivity contribution < 1.29 is 14.3 Å². The largest absolute Gasteiger partial charge is 0.495 e. The zero-order valence-electron chi connectivity index (χ0n) is 12.3. The summed E-state index contributed by atoms with van der Waals surface area (Å²) in [6.07, 6.45) is 0.308. The molecule has 0 unspecified atom stereocenters. The average Bonchev–Trinajstić information content (AvgIpc) is 3.02. The first-order valence-electron chi connectivity index (χ1n) is 6.72. The minimum atomic E-state index is -0.232. The molecule has 1 amide bonds. The van der Waals surface area contributed by atoms with Crippen LogP contribution < -0.4 is 10.1 Å². The van der Waals surface area contributed by atoms with E-state index in [1.54, 1.807) is 18.2 Å². The average molecular weight is 338 g/mol. The van der Waals surface area contributed by atoms with Gasteiger partial charge in [0.15, 0.2) is 5.78 Å². The number of carbonyl (C=O) groups excluding carboxylic acids is 2. The molecule has 0 atom stereocenters. The van der Waals surface area contributed by atoms with Crippen LogP contribution in [-0.2, 0) is 4.79 Å². The lowest BCUT2D eigenvalue weighted by Crippen LogP contribution is -2.14. The fourth-order valence-electron chi connectivity index (χ4n) is 1.93. The normalized spacial score (nSPS) is 10.3. The van der Waals surface area contributed by atoms with E-state index in [1.807, 2.05) is 18.4 Å². The molecule has 0 aliphatic rings. The molecule has 1 N–H and O–H groups in total. The van der Waals surface area contributed by atoms with Gasteiger partial charge >= 0.3 is 0 Å². The minimum absolute atomic E-state index is 0.0237. The Morgan fingerprint density at radius 3 is 2.73 bits per heavy atom. The minimum Gasteiger partial charge on any atom is -0.495 e. The van der Waals surface area contributed by atoms with E-state index in [-0.39, 0.29) is 24.5 Å². The van der Waals surface area contributed by atoms with Gasteiger partial charge in [0, 0.05) is 23.9 Å². The van der Waals surface area contributed by atoms with Gasteiger partial charge in [-0.2, -0.15) is 0 Å². The highest BCUT2D eigenvalue weighted by molar-refractivity contribution is 7.12. The van der Waals surface area contributed by atoms with E-state index >= 15 is 0 Å². The molecule has 6 heteroatoms. The molecule has 4 nitrogen and oxygen atoms in total. The Kier molecular flexibility index (Phi) is 5.57. The first-order valence-corrected chi connectivity index (χ1v) is 7.97. The van der Waals surface area contributed by atoms with Gasteiger partial charge in [-0.15, -0.1) is 11.3 Å². The summed E-state index contributed by atoms with van der Waals surface area (Å²) >= 11 is 7.41. The summed E-state index contributed by atoms with van der Waals surface area (Å²) in [6.45, 7) is 1.84. The van der Waals surface area contributed by atoms with Crippen molar-refractivity contribution in [3.05, 3.63) is 45.1 Å². The number of thiophene rings is 1. The number of hydrogen-bond donors (Lipinski definition) is 1. The first kappa shape index (κ1) is 16.5. The van der Waals surface area contributed by atoms with Gasteiger partial charge in [-0.3, -0.25) is 9.59 Å². The molecule has 22 heavy (non-hydrogen) atoms. The maximum Gasteiger partial charge on any atom is 0.224 e. The second kappa shape index (κ2) is 7.42. The highest BCUT2D eigenvalue weighted by atomic mass is 35.5. The number of methoxy groups -OCH3 is 1. The van der Waals surface area contributed by atoms with E-state index < -0.39 is 0 Å². The second-order valence-electron chi connectivity index (χ2n) is 4.75. The number of aryl methyl sites for hydroxylation is 1. The molecular weight excluding hydrogens is 322 g/mol. The van der Waals surface area contributed by atoms with E-state index in [9.17, 15) is 9.59 Å². The predicted octanol–water partition coefficient (Wildman–Crippen LogP) is 4.32. The van der Waals surface area contributed by atoms with Crippen molar-refractivity contribution >= 4 is 40.3 Å². The van der Waals surface area contributed by atoms with E-state index in [0.29, 0.717) is 21.3 Å². The van der Waals surface area contributed by atoms with Crippen molar-refractivity contribution in [2.75, 3.05) is 12.4 Å². The third-order valence-electron chi connectivity index (χ3n) is 3.13. The summed E-state index contributed by atoms with van der Waals surface area (Å²) < 4.78 is 5.20. The van der Waals surface area contributed by atoms with Crippen LogP contribution in [0.4, 0.5) is 5.69 Å².